The second-order valence-electron chi connectivity index (χ2n) is 9.20. The number of carbonyl (C=O) groups is 1. The van der Waals surface area contributed by atoms with Crippen molar-refractivity contribution in [2.24, 2.45) is 0 Å². The fourth-order valence-corrected chi connectivity index (χ4v) is 6.91. The van der Waals surface area contributed by atoms with Crippen LogP contribution in [0.1, 0.15) is 40.0 Å². The summed E-state index contributed by atoms with van der Waals surface area (Å²) in [5, 5.41) is 0. The number of halogens is 1. The van der Waals surface area contributed by atoms with Gasteiger partial charge in [0.2, 0.25) is 10.0 Å². The van der Waals surface area contributed by atoms with Crippen molar-refractivity contribution in [3.63, 3.8) is 0 Å². The Kier molecular flexibility index (Phi) is 5.15. The van der Waals surface area contributed by atoms with Crippen molar-refractivity contribution in [3.8, 4) is 0 Å². The number of ether oxygens (including phenoxy) is 1. The predicted molar refractivity (Wildman–Crippen MR) is 115 cm³/mol. The monoisotopic (exact) mass is 485 g/mol. The molecule has 0 N–H and O–H groups in total. The number of rotatable bonds is 3. The van der Waals surface area contributed by atoms with Crippen LogP contribution in [0.4, 0.5) is 10.5 Å². The molecule has 9 heteroatoms. The average Bonchev–Trinajstić information content (AvgIpc) is 3.04. The Morgan fingerprint density at radius 2 is 1.79 bits per heavy atom. The van der Waals surface area contributed by atoms with Crippen molar-refractivity contribution in [1.29, 1.82) is 0 Å². The first-order chi connectivity index (χ1) is 13.5. The second kappa shape index (κ2) is 7.13. The van der Waals surface area contributed by atoms with Gasteiger partial charge >= 0.3 is 6.09 Å². The van der Waals surface area contributed by atoms with Gasteiger partial charge < -0.3 is 14.5 Å². The number of hydrogen-bond donors (Lipinski definition) is 0. The quantitative estimate of drug-likeness (QED) is 0.655. The molecule has 0 radical (unpaired) electrons. The van der Waals surface area contributed by atoms with Crippen LogP contribution in [0.3, 0.4) is 0 Å². The molecule has 3 aliphatic heterocycles. The SMILES string of the molecule is CC(C)(C)OC(=O)N1CC2(CCN2S(=O)(=O)c2ccc(N3CCCC3)c(Br)c2)C1. The molecule has 160 valence electrons. The highest BCUT2D eigenvalue weighted by Crippen LogP contribution is 2.44. The molecule has 3 saturated heterocycles. The van der Waals surface area contributed by atoms with Crippen molar-refractivity contribution in [2.75, 3.05) is 37.6 Å². The molecule has 3 heterocycles. The Morgan fingerprint density at radius 1 is 1.14 bits per heavy atom. The summed E-state index contributed by atoms with van der Waals surface area (Å²) in [7, 11) is -3.61. The van der Waals surface area contributed by atoms with Crippen LogP contribution in [0.15, 0.2) is 27.6 Å². The molecule has 1 aromatic carbocycles. The van der Waals surface area contributed by atoms with E-state index >= 15 is 0 Å². The van der Waals surface area contributed by atoms with Gasteiger partial charge in [-0.1, -0.05) is 0 Å². The highest BCUT2D eigenvalue weighted by atomic mass is 79.9. The van der Waals surface area contributed by atoms with E-state index in [2.05, 4.69) is 20.8 Å². The van der Waals surface area contributed by atoms with Gasteiger partial charge in [0, 0.05) is 37.2 Å². The normalized spacial score (nSPS) is 21.8. The van der Waals surface area contributed by atoms with Gasteiger partial charge in [-0.3, -0.25) is 0 Å². The van der Waals surface area contributed by atoms with Crippen molar-refractivity contribution in [3.05, 3.63) is 22.7 Å². The molecule has 0 aromatic heterocycles. The maximum Gasteiger partial charge on any atom is 0.410 e. The van der Waals surface area contributed by atoms with Crippen molar-refractivity contribution in [1.82, 2.24) is 9.21 Å². The molecular formula is C20H28BrN3O4S. The van der Waals surface area contributed by atoms with Crippen LogP contribution in [0.25, 0.3) is 0 Å². The van der Waals surface area contributed by atoms with E-state index in [0.717, 1.165) is 42.5 Å². The summed E-state index contributed by atoms with van der Waals surface area (Å²) in [6.07, 6.45) is 2.71. The van der Waals surface area contributed by atoms with Crippen molar-refractivity contribution in [2.45, 2.75) is 56.1 Å². The molecule has 0 atom stereocenters. The van der Waals surface area contributed by atoms with Gasteiger partial charge in [-0.15, -0.1) is 0 Å². The van der Waals surface area contributed by atoms with E-state index in [1.807, 2.05) is 26.8 Å². The van der Waals surface area contributed by atoms with Crippen molar-refractivity contribution < 1.29 is 17.9 Å². The van der Waals surface area contributed by atoms with Crippen LogP contribution in [0.5, 0.6) is 0 Å². The molecule has 1 aromatic rings. The molecule has 0 saturated carbocycles. The Morgan fingerprint density at radius 3 is 2.31 bits per heavy atom. The summed E-state index contributed by atoms with van der Waals surface area (Å²) in [6.45, 7) is 8.72. The molecular weight excluding hydrogens is 458 g/mol. The Bertz CT molecular complexity index is 916. The lowest BCUT2D eigenvalue weighted by molar-refractivity contribution is -0.0781. The third-order valence-electron chi connectivity index (χ3n) is 5.89. The lowest BCUT2D eigenvalue weighted by Gasteiger charge is -2.60. The molecule has 1 spiro atoms. The molecule has 4 rings (SSSR count). The average molecular weight is 486 g/mol. The first-order valence-electron chi connectivity index (χ1n) is 10.1. The lowest BCUT2D eigenvalue weighted by Crippen LogP contribution is -2.78. The number of amides is 1. The minimum Gasteiger partial charge on any atom is -0.444 e. The maximum atomic E-state index is 13.3. The first-order valence-corrected chi connectivity index (χ1v) is 12.3. The van der Waals surface area contributed by atoms with Crippen LogP contribution in [0.2, 0.25) is 0 Å². The molecule has 3 fully saturated rings. The number of likely N-dealkylation sites (tertiary alicyclic amines) is 1. The van der Waals surface area contributed by atoms with E-state index in [1.54, 1.807) is 21.3 Å². The van der Waals surface area contributed by atoms with Gasteiger partial charge in [0.15, 0.2) is 0 Å². The standard InChI is InChI=1S/C20H28BrN3O4S/c1-19(2,3)28-18(25)23-13-20(14-23)8-11-24(20)29(26,27)15-6-7-17(16(21)12-15)22-9-4-5-10-22/h6-7,12H,4-5,8-11,13-14H2,1-3H3. The van der Waals surface area contributed by atoms with Crippen LogP contribution in [0, 0.1) is 0 Å². The van der Waals surface area contributed by atoms with Gasteiger partial charge in [0.05, 0.1) is 16.1 Å². The highest BCUT2D eigenvalue weighted by Gasteiger charge is 2.59. The minimum atomic E-state index is -3.61. The third kappa shape index (κ3) is 3.77. The fourth-order valence-electron chi connectivity index (χ4n) is 4.32. The van der Waals surface area contributed by atoms with E-state index in [-0.39, 0.29) is 6.09 Å². The van der Waals surface area contributed by atoms with Gasteiger partial charge in [0.1, 0.15) is 5.60 Å². The zero-order valence-electron chi connectivity index (χ0n) is 17.1. The van der Waals surface area contributed by atoms with E-state index in [4.69, 9.17) is 4.74 Å². The number of anilines is 1. The summed E-state index contributed by atoms with van der Waals surface area (Å²) in [6, 6.07) is 5.30. The number of hydrogen-bond acceptors (Lipinski definition) is 5. The number of benzene rings is 1. The van der Waals surface area contributed by atoms with Gasteiger partial charge in [0.25, 0.3) is 0 Å². The number of nitrogens with zero attached hydrogens (tertiary/aromatic N) is 3. The zero-order chi connectivity index (χ0) is 21.0. The number of carbonyl (C=O) groups excluding carboxylic acids is 1. The Hall–Kier alpha value is -1.32. The summed E-state index contributed by atoms with van der Waals surface area (Å²) in [4.78, 5) is 16.4. The third-order valence-corrected chi connectivity index (χ3v) is 8.52. The Balaban J connectivity index is 1.47. The van der Waals surface area contributed by atoms with Gasteiger partial charge in [-0.25, -0.2) is 13.2 Å². The molecule has 0 bridgehead atoms. The molecule has 7 nitrogen and oxygen atoms in total. The topological polar surface area (TPSA) is 70.2 Å². The van der Waals surface area contributed by atoms with Crippen LogP contribution < -0.4 is 4.90 Å². The van der Waals surface area contributed by atoms with Crippen LogP contribution in [-0.4, -0.2) is 67.6 Å². The number of sulfonamides is 1. The summed E-state index contributed by atoms with van der Waals surface area (Å²) < 4.78 is 34.3. The molecule has 3 aliphatic rings. The molecule has 29 heavy (non-hydrogen) atoms. The summed E-state index contributed by atoms with van der Waals surface area (Å²) in [5.74, 6) is 0. The van der Waals surface area contributed by atoms with E-state index in [9.17, 15) is 13.2 Å². The maximum absolute atomic E-state index is 13.3. The van der Waals surface area contributed by atoms with Gasteiger partial charge in [-0.05, 0) is 74.2 Å². The van der Waals surface area contributed by atoms with Crippen molar-refractivity contribution >= 4 is 37.7 Å². The van der Waals surface area contributed by atoms with Crippen LogP contribution in [-0.2, 0) is 14.8 Å². The summed E-state index contributed by atoms with van der Waals surface area (Å²) >= 11 is 3.56. The zero-order valence-corrected chi connectivity index (χ0v) is 19.6. The van der Waals surface area contributed by atoms with Gasteiger partial charge in [-0.2, -0.15) is 4.31 Å². The molecule has 0 aliphatic carbocycles. The predicted octanol–water partition coefficient (Wildman–Crippen LogP) is 3.43. The van der Waals surface area contributed by atoms with E-state index in [1.165, 1.54) is 0 Å². The smallest absolute Gasteiger partial charge is 0.410 e. The van der Waals surface area contributed by atoms with E-state index < -0.39 is 21.2 Å². The highest BCUT2D eigenvalue weighted by molar-refractivity contribution is 9.10. The Labute approximate surface area is 181 Å². The summed E-state index contributed by atoms with van der Waals surface area (Å²) in [5.41, 5.74) is -0.00996. The lowest BCUT2D eigenvalue weighted by atomic mass is 9.80. The fraction of sp³-hybridized carbons (Fsp3) is 0.650. The largest absolute Gasteiger partial charge is 0.444 e. The molecule has 0 unspecified atom stereocenters. The van der Waals surface area contributed by atoms with Crippen LogP contribution >= 0.6 is 15.9 Å². The molecule has 1 amide bonds. The minimum absolute atomic E-state index is 0.294. The second-order valence-corrected chi connectivity index (χ2v) is 11.9. The van der Waals surface area contributed by atoms with E-state index in [0.29, 0.717) is 24.5 Å². The first kappa shape index (κ1) is 20.9.